The minimum Gasteiger partial charge on any atom is -0.293 e. The number of Topliss-reactive ketones (excluding diaryl/α,β-unsaturated/α-hetero) is 1. The fourth-order valence-electron chi connectivity index (χ4n) is 1.97. The molecular weight excluding hydrogens is 236 g/mol. The highest BCUT2D eigenvalue weighted by Gasteiger charge is 2.24. The lowest BCUT2D eigenvalue weighted by atomic mass is 10.0. The molecule has 1 nitrogen and oxygen atoms in total. The number of carbonyl (C=O) groups is 1. The van der Waals surface area contributed by atoms with Crippen LogP contribution in [0.4, 0.5) is 0 Å². The van der Waals surface area contributed by atoms with Crippen LogP contribution in [-0.4, -0.2) is 23.0 Å². The van der Waals surface area contributed by atoms with E-state index < -0.39 is 0 Å². The zero-order valence-electron chi connectivity index (χ0n) is 9.44. The molecule has 16 heavy (non-hydrogen) atoms. The van der Waals surface area contributed by atoms with Gasteiger partial charge in [-0.15, -0.1) is 11.8 Å². The van der Waals surface area contributed by atoms with Gasteiger partial charge in [-0.05, 0) is 30.9 Å². The van der Waals surface area contributed by atoms with Crippen molar-refractivity contribution in [3.05, 3.63) is 29.8 Å². The van der Waals surface area contributed by atoms with Crippen LogP contribution in [0.5, 0.6) is 0 Å². The Morgan fingerprint density at radius 2 is 2.19 bits per heavy atom. The standard InChI is InChI=1S/C13H16OS2/c1-15-11-7-3-2-6-10(11)13(14)12-8-4-5-9-16-12/h2-3,6-7,12H,4-5,8-9H2,1H3. The molecule has 3 heteroatoms. The molecule has 1 saturated heterocycles. The summed E-state index contributed by atoms with van der Waals surface area (Å²) in [7, 11) is 0. The van der Waals surface area contributed by atoms with Crippen molar-refractivity contribution in [1.29, 1.82) is 0 Å². The van der Waals surface area contributed by atoms with Crippen molar-refractivity contribution >= 4 is 29.3 Å². The van der Waals surface area contributed by atoms with Crippen molar-refractivity contribution in [2.45, 2.75) is 29.4 Å². The minimum atomic E-state index is 0.196. The van der Waals surface area contributed by atoms with Gasteiger partial charge in [0, 0.05) is 10.5 Å². The number of hydrogen-bond donors (Lipinski definition) is 0. The lowest BCUT2D eigenvalue weighted by Crippen LogP contribution is -2.21. The molecule has 0 N–H and O–H groups in total. The molecule has 1 aliphatic rings. The number of carbonyl (C=O) groups excluding carboxylic acids is 1. The lowest BCUT2D eigenvalue weighted by Gasteiger charge is -2.20. The summed E-state index contributed by atoms with van der Waals surface area (Å²) in [5.41, 5.74) is 0.911. The third-order valence-corrected chi connectivity index (χ3v) is 5.02. The molecule has 0 spiro atoms. The van der Waals surface area contributed by atoms with Crippen LogP contribution >= 0.6 is 23.5 Å². The van der Waals surface area contributed by atoms with Crippen molar-refractivity contribution in [2.24, 2.45) is 0 Å². The second-order valence-electron chi connectivity index (χ2n) is 3.92. The Morgan fingerprint density at radius 1 is 1.38 bits per heavy atom. The molecule has 1 heterocycles. The zero-order chi connectivity index (χ0) is 11.4. The topological polar surface area (TPSA) is 17.1 Å². The predicted octanol–water partition coefficient (Wildman–Crippen LogP) is 3.88. The van der Waals surface area contributed by atoms with Gasteiger partial charge in [-0.25, -0.2) is 0 Å². The fraction of sp³-hybridized carbons (Fsp3) is 0.462. The van der Waals surface area contributed by atoms with Gasteiger partial charge in [-0.3, -0.25) is 4.79 Å². The third-order valence-electron chi connectivity index (χ3n) is 2.84. The van der Waals surface area contributed by atoms with Crippen LogP contribution in [0.3, 0.4) is 0 Å². The Balaban J connectivity index is 2.19. The highest BCUT2D eigenvalue weighted by atomic mass is 32.2. The number of thioether (sulfide) groups is 2. The fourth-order valence-corrected chi connectivity index (χ4v) is 3.84. The van der Waals surface area contributed by atoms with Crippen molar-refractivity contribution in [1.82, 2.24) is 0 Å². The molecule has 0 bridgehead atoms. The molecule has 86 valence electrons. The normalized spacial score (nSPS) is 20.7. The van der Waals surface area contributed by atoms with Crippen LogP contribution in [-0.2, 0) is 0 Å². The molecule has 0 aromatic heterocycles. The highest BCUT2D eigenvalue weighted by Crippen LogP contribution is 2.30. The van der Waals surface area contributed by atoms with Crippen LogP contribution in [0.1, 0.15) is 29.6 Å². The summed E-state index contributed by atoms with van der Waals surface area (Å²) in [6.45, 7) is 0. The summed E-state index contributed by atoms with van der Waals surface area (Å²) < 4.78 is 0. The minimum absolute atomic E-state index is 0.196. The molecule has 1 aromatic rings. The molecule has 1 unspecified atom stereocenters. The van der Waals surface area contributed by atoms with E-state index in [1.165, 1.54) is 12.8 Å². The molecule has 1 aliphatic heterocycles. The summed E-state index contributed by atoms with van der Waals surface area (Å²) in [5, 5.41) is 0.196. The number of ketones is 1. The van der Waals surface area contributed by atoms with Crippen molar-refractivity contribution < 1.29 is 4.79 Å². The van der Waals surface area contributed by atoms with E-state index in [2.05, 4.69) is 0 Å². The molecule has 0 radical (unpaired) electrons. The van der Waals surface area contributed by atoms with Gasteiger partial charge in [0.15, 0.2) is 5.78 Å². The summed E-state index contributed by atoms with van der Waals surface area (Å²) >= 11 is 3.48. The van der Waals surface area contributed by atoms with Crippen LogP contribution in [0, 0.1) is 0 Å². The van der Waals surface area contributed by atoms with E-state index in [4.69, 9.17) is 0 Å². The predicted molar refractivity (Wildman–Crippen MR) is 72.7 cm³/mol. The van der Waals surface area contributed by atoms with Crippen molar-refractivity contribution in [3.63, 3.8) is 0 Å². The summed E-state index contributed by atoms with van der Waals surface area (Å²) in [5.74, 6) is 1.47. The highest BCUT2D eigenvalue weighted by molar-refractivity contribution is 8.00. The van der Waals surface area contributed by atoms with Gasteiger partial charge in [0.05, 0.1) is 5.25 Å². The maximum absolute atomic E-state index is 12.3. The van der Waals surface area contributed by atoms with Crippen molar-refractivity contribution in [3.8, 4) is 0 Å². The summed E-state index contributed by atoms with van der Waals surface area (Å²) in [4.78, 5) is 13.5. The number of rotatable bonds is 3. The first-order valence-electron chi connectivity index (χ1n) is 5.62. The first-order chi connectivity index (χ1) is 7.83. The van der Waals surface area contributed by atoms with Crippen molar-refractivity contribution in [2.75, 3.05) is 12.0 Å². The van der Waals surface area contributed by atoms with Crippen LogP contribution in [0.15, 0.2) is 29.2 Å². The van der Waals surface area contributed by atoms with Gasteiger partial charge in [-0.1, -0.05) is 24.6 Å². The van der Waals surface area contributed by atoms with Crippen LogP contribution in [0.2, 0.25) is 0 Å². The van der Waals surface area contributed by atoms with Gasteiger partial charge >= 0.3 is 0 Å². The molecule has 1 fully saturated rings. The Kier molecular flexibility index (Phi) is 4.36. The Morgan fingerprint density at radius 3 is 2.88 bits per heavy atom. The second kappa shape index (κ2) is 5.78. The summed E-state index contributed by atoms with van der Waals surface area (Å²) in [6, 6.07) is 7.95. The van der Waals surface area contributed by atoms with Gasteiger partial charge < -0.3 is 0 Å². The molecule has 0 aliphatic carbocycles. The second-order valence-corrected chi connectivity index (χ2v) is 6.08. The van der Waals surface area contributed by atoms with E-state index in [1.54, 1.807) is 11.8 Å². The lowest BCUT2D eigenvalue weighted by molar-refractivity contribution is 0.0982. The molecule has 2 rings (SSSR count). The Bertz CT molecular complexity index is 370. The van der Waals surface area contributed by atoms with E-state index >= 15 is 0 Å². The monoisotopic (exact) mass is 252 g/mol. The van der Waals surface area contributed by atoms with E-state index in [1.807, 2.05) is 42.3 Å². The SMILES string of the molecule is CSc1ccccc1C(=O)C1CCCCS1. The van der Waals surface area contributed by atoms with Gasteiger partial charge in [0.25, 0.3) is 0 Å². The average Bonchev–Trinajstić information content (AvgIpc) is 2.39. The molecule has 1 atom stereocenters. The van der Waals surface area contributed by atoms with E-state index in [0.717, 1.165) is 22.6 Å². The van der Waals surface area contributed by atoms with E-state index in [9.17, 15) is 4.79 Å². The quantitative estimate of drug-likeness (QED) is 0.600. The summed E-state index contributed by atoms with van der Waals surface area (Å²) in [6.07, 6.45) is 5.54. The van der Waals surface area contributed by atoms with Gasteiger partial charge in [0.2, 0.25) is 0 Å². The molecule has 1 aromatic carbocycles. The smallest absolute Gasteiger partial charge is 0.176 e. The number of hydrogen-bond acceptors (Lipinski definition) is 3. The van der Waals surface area contributed by atoms with E-state index in [-0.39, 0.29) is 5.25 Å². The maximum Gasteiger partial charge on any atom is 0.176 e. The van der Waals surface area contributed by atoms with Crippen LogP contribution in [0.25, 0.3) is 0 Å². The van der Waals surface area contributed by atoms with Gasteiger partial charge in [0.1, 0.15) is 0 Å². The number of benzene rings is 1. The first kappa shape index (κ1) is 12.1. The first-order valence-corrected chi connectivity index (χ1v) is 7.89. The molecule has 0 saturated carbocycles. The largest absolute Gasteiger partial charge is 0.293 e. The third kappa shape index (κ3) is 2.64. The van der Waals surface area contributed by atoms with Gasteiger partial charge in [-0.2, -0.15) is 11.8 Å². The Labute approximate surface area is 105 Å². The Hall–Kier alpha value is -0.410. The zero-order valence-corrected chi connectivity index (χ0v) is 11.1. The molecule has 0 amide bonds. The average molecular weight is 252 g/mol. The maximum atomic E-state index is 12.3. The molecular formula is C13H16OS2. The van der Waals surface area contributed by atoms with Crippen LogP contribution < -0.4 is 0 Å². The van der Waals surface area contributed by atoms with E-state index in [0.29, 0.717) is 5.78 Å².